The van der Waals surface area contributed by atoms with Crippen molar-refractivity contribution in [1.29, 1.82) is 5.26 Å². The van der Waals surface area contributed by atoms with Gasteiger partial charge in [-0.15, -0.1) is 10.2 Å². The van der Waals surface area contributed by atoms with Crippen LogP contribution in [-0.4, -0.2) is 40.5 Å². The summed E-state index contributed by atoms with van der Waals surface area (Å²) in [5, 5.41) is 26.1. The van der Waals surface area contributed by atoms with E-state index in [1.54, 1.807) is 6.07 Å². The normalized spacial score (nSPS) is 24.6. The molecule has 2 aliphatic heterocycles. The molecule has 3 rings (SSSR count). The Morgan fingerprint density at radius 1 is 1.53 bits per heavy atom. The smallest absolute Gasteiger partial charge is 0.413 e. The van der Waals surface area contributed by atoms with Gasteiger partial charge in [-0.3, -0.25) is 4.90 Å². The summed E-state index contributed by atoms with van der Waals surface area (Å²) in [7, 11) is 0. The molecule has 1 fully saturated rings. The standard InChI is InChI=1S/C11H10ClN5O2/c12-9-2-8-10(15-14-9)17(11(18)19)5-7-1-6(3-13)4-16(7)8/h2,6-7H,1,4-5H2,(H,18,19)/t6-,7+/m0/s1. The highest BCUT2D eigenvalue weighted by atomic mass is 35.5. The summed E-state index contributed by atoms with van der Waals surface area (Å²) >= 11 is 5.83. The van der Waals surface area contributed by atoms with Crippen LogP contribution in [0.2, 0.25) is 5.15 Å². The van der Waals surface area contributed by atoms with Gasteiger partial charge in [0.25, 0.3) is 0 Å². The number of amides is 1. The molecule has 0 spiro atoms. The van der Waals surface area contributed by atoms with Gasteiger partial charge in [0.05, 0.1) is 24.2 Å². The highest BCUT2D eigenvalue weighted by Crippen LogP contribution is 2.40. The highest BCUT2D eigenvalue weighted by molar-refractivity contribution is 6.29. The summed E-state index contributed by atoms with van der Waals surface area (Å²) in [5.41, 5.74) is 0.636. The van der Waals surface area contributed by atoms with Gasteiger partial charge in [-0.1, -0.05) is 11.6 Å². The molecule has 0 unspecified atom stereocenters. The molecular weight excluding hydrogens is 270 g/mol. The second-order valence-corrected chi connectivity index (χ2v) is 5.02. The first-order chi connectivity index (χ1) is 9.10. The van der Waals surface area contributed by atoms with E-state index >= 15 is 0 Å². The maximum Gasteiger partial charge on any atom is 0.413 e. The first-order valence-electron chi connectivity index (χ1n) is 5.80. The van der Waals surface area contributed by atoms with E-state index in [9.17, 15) is 9.90 Å². The van der Waals surface area contributed by atoms with Gasteiger partial charge in [0.2, 0.25) is 0 Å². The number of nitrogens with zero attached hydrogens (tertiary/aromatic N) is 5. The Bertz CT molecular complexity index is 587. The van der Waals surface area contributed by atoms with E-state index in [-0.39, 0.29) is 22.9 Å². The van der Waals surface area contributed by atoms with E-state index in [0.717, 1.165) is 0 Å². The second kappa shape index (κ2) is 4.24. The van der Waals surface area contributed by atoms with Crippen LogP contribution in [0.3, 0.4) is 0 Å². The molecule has 1 amide bonds. The number of halogens is 1. The Labute approximate surface area is 114 Å². The van der Waals surface area contributed by atoms with Crippen molar-refractivity contribution in [3.8, 4) is 6.07 Å². The zero-order valence-electron chi connectivity index (χ0n) is 9.82. The van der Waals surface area contributed by atoms with E-state index in [2.05, 4.69) is 16.3 Å². The maximum absolute atomic E-state index is 11.3. The van der Waals surface area contributed by atoms with Crippen LogP contribution in [0.15, 0.2) is 6.07 Å². The third-order valence-electron chi connectivity index (χ3n) is 3.51. The summed E-state index contributed by atoms with van der Waals surface area (Å²) in [6, 6.07) is 3.83. The van der Waals surface area contributed by atoms with Crippen molar-refractivity contribution in [3.63, 3.8) is 0 Å². The molecule has 2 atom stereocenters. The number of carboxylic acid groups (broad SMARTS) is 1. The van der Waals surface area contributed by atoms with Gasteiger partial charge in [-0.2, -0.15) is 5.26 Å². The fourth-order valence-electron chi connectivity index (χ4n) is 2.70. The minimum absolute atomic E-state index is 0.00600. The number of hydrogen-bond acceptors (Lipinski definition) is 5. The highest BCUT2D eigenvalue weighted by Gasteiger charge is 2.41. The molecule has 1 N–H and O–H groups in total. The predicted octanol–water partition coefficient (Wildman–Crippen LogP) is 1.35. The lowest BCUT2D eigenvalue weighted by Gasteiger charge is -2.37. The molecule has 8 heteroatoms. The zero-order valence-corrected chi connectivity index (χ0v) is 10.6. The monoisotopic (exact) mass is 279 g/mol. The first kappa shape index (κ1) is 12.0. The number of aromatic nitrogens is 2. The molecule has 19 heavy (non-hydrogen) atoms. The first-order valence-corrected chi connectivity index (χ1v) is 6.18. The molecular formula is C11H10ClN5O2. The third kappa shape index (κ3) is 1.85. The van der Waals surface area contributed by atoms with Crippen molar-refractivity contribution in [3.05, 3.63) is 11.2 Å². The topological polar surface area (TPSA) is 93.3 Å². The average molecular weight is 280 g/mol. The molecule has 1 saturated heterocycles. The fraction of sp³-hybridized carbons (Fsp3) is 0.455. The summed E-state index contributed by atoms with van der Waals surface area (Å²) in [5.74, 6) is 0.185. The molecule has 0 aromatic carbocycles. The molecule has 98 valence electrons. The van der Waals surface area contributed by atoms with Gasteiger partial charge in [-0.25, -0.2) is 4.79 Å². The maximum atomic E-state index is 11.3. The van der Waals surface area contributed by atoms with Crippen molar-refractivity contribution < 1.29 is 9.90 Å². The molecule has 1 aromatic rings. The van der Waals surface area contributed by atoms with Crippen molar-refractivity contribution in [2.75, 3.05) is 22.9 Å². The summed E-state index contributed by atoms with van der Waals surface area (Å²) in [6.07, 6.45) is -0.419. The number of fused-ring (bicyclic) bond motifs is 3. The zero-order chi connectivity index (χ0) is 13.6. The van der Waals surface area contributed by atoms with Crippen molar-refractivity contribution in [2.24, 2.45) is 5.92 Å². The predicted molar refractivity (Wildman–Crippen MR) is 67.3 cm³/mol. The lowest BCUT2D eigenvalue weighted by atomic mass is 10.1. The average Bonchev–Trinajstić information content (AvgIpc) is 2.80. The van der Waals surface area contributed by atoms with Gasteiger partial charge < -0.3 is 10.0 Å². The number of carbonyl (C=O) groups is 1. The Balaban J connectivity index is 2.07. The van der Waals surface area contributed by atoms with E-state index in [1.165, 1.54) is 4.90 Å². The van der Waals surface area contributed by atoms with Gasteiger partial charge in [-0.05, 0) is 6.42 Å². The second-order valence-electron chi connectivity index (χ2n) is 4.64. The Kier molecular flexibility index (Phi) is 2.68. The SMILES string of the molecule is N#C[C@@H]1C[C@@H]2CN(C(=O)O)c3nnc(Cl)cc3N2C1. The van der Waals surface area contributed by atoms with Crippen LogP contribution < -0.4 is 9.80 Å². The molecule has 0 aliphatic carbocycles. The molecule has 2 aliphatic rings. The minimum Gasteiger partial charge on any atom is -0.465 e. The summed E-state index contributed by atoms with van der Waals surface area (Å²) in [6.45, 7) is 0.875. The van der Waals surface area contributed by atoms with Crippen LogP contribution in [0.5, 0.6) is 0 Å². The minimum atomic E-state index is -1.07. The Hall–Kier alpha value is -2.07. The number of rotatable bonds is 0. The van der Waals surface area contributed by atoms with Crippen LogP contribution in [0.1, 0.15) is 6.42 Å². The van der Waals surface area contributed by atoms with Crippen LogP contribution in [0, 0.1) is 17.2 Å². The molecule has 7 nitrogen and oxygen atoms in total. The van der Waals surface area contributed by atoms with Crippen LogP contribution in [0.4, 0.5) is 16.3 Å². The van der Waals surface area contributed by atoms with Gasteiger partial charge in [0, 0.05) is 18.7 Å². The van der Waals surface area contributed by atoms with Crippen molar-refractivity contribution in [1.82, 2.24) is 10.2 Å². The summed E-state index contributed by atoms with van der Waals surface area (Å²) < 4.78 is 0. The Morgan fingerprint density at radius 2 is 2.32 bits per heavy atom. The molecule has 0 bridgehead atoms. The Morgan fingerprint density at radius 3 is 3.00 bits per heavy atom. The lowest BCUT2D eigenvalue weighted by Crippen LogP contribution is -2.48. The third-order valence-corrected chi connectivity index (χ3v) is 3.70. The fourth-order valence-corrected chi connectivity index (χ4v) is 2.84. The van der Waals surface area contributed by atoms with Crippen molar-refractivity contribution in [2.45, 2.75) is 12.5 Å². The van der Waals surface area contributed by atoms with E-state index < -0.39 is 6.09 Å². The number of anilines is 2. The van der Waals surface area contributed by atoms with Gasteiger partial charge >= 0.3 is 6.09 Å². The van der Waals surface area contributed by atoms with Gasteiger partial charge in [0.15, 0.2) is 11.0 Å². The lowest BCUT2D eigenvalue weighted by molar-refractivity contribution is 0.200. The largest absolute Gasteiger partial charge is 0.465 e. The molecule has 0 radical (unpaired) electrons. The number of hydrogen-bond donors (Lipinski definition) is 1. The molecule has 1 aromatic heterocycles. The van der Waals surface area contributed by atoms with Crippen LogP contribution >= 0.6 is 11.6 Å². The van der Waals surface area contributed by atoms with Crippen LogP contribution in [-0.2, 0) is 0 Å². The van der Waals surface area contributed by atoms with Crippen LogP contribution in [0.25, 0.3) is 0 Å². The number of nitriles is 1. The van der Waals surface area contributed by atoms with Crippen molar-refractivity contribution >= 4 is 29.2 Å². The van der Waals surface area contributed by atoms with E-state index in [0.29, 0.717) is 25.2 Å². The quantitative estimate of drug-likeness (QED) is 0.770. The molecule has 3 heterocycles. The summed E-state index contributed by atoms with van der Waals surface area (Å²) in [4.78, 5) is 14.5. The molecule has 0 saturated carbocycles. The van der Waals surface area contributed by atoms with Gasteiger partial charge in [0.1, 0.15) is 0 Å². The van der Waals surface area contributed by atoms with E-state index in [1.807, 2.05) is 4.90 Å². The van der Waals surface area contributed by atoms with E-state index in [4.69, 9.17) is 16.9 Å².